The molecule has 2 amide bonds. The minimum Gasteiger partial charge on any atom is -0.356 e. The lowest BCUT2D eigenvalue weighted by atomic mass is 9.49. The van der Waals surface area contributed by atoms with Crippen LogP contribution in [-0.4, -0.2) is 45.4 Å². The molecule has 2 heterocycles. The molecule has 1 aromatic heterocycles. The van der Waals surface area contributed by atoms with Crippen molar-refractivity contribution in [3.8, 4) is 11.3 Å². The molecule has 0 spiro atoms. The quantitative estimate of drug-likeness (QED) is 0.789. The number of amides is 2. The van der Waals surface area contributed by atoms with Crippen molar-refractivity contribution >= 4 is 11.8 Å². The average Bonchev–Trinajstić information content (AvgIpc) is 3.00. The molecule has 3 aliphatic carbocycles. The van der Waals surface area contributed by atoms with Gasteiger partial charge in [-0.15, -0.1) is 0 Å². The summed E-state index contributed by atoms with van der Waals surface area (Å²) in [5.41, 5.74) is 0.792. The normalized spacial score (nSPS) is 27.3. The minimum atomic E-state index is -0.489. The first-order valence-corrected chi connectivity index (χ1v) is 8.87. The zero-order valence-corrected chi connectivity index (χ0v) is 14.2. The number of nitrogens with zero attached hydrogens (tertiary/aromatic N) is 3. The average molecular weight is 355 g/mol. The monoisotopic (exact) mass is 355 g/mol. The second-order valence-electron chi connectivity index (χ2n) is 7.55. The number of benzene rings is 1. The molecule has 1 saturated heterocycles. The van der Waals surface area contributed by atoms with E-state index in [-0.39, 0.29) is 12.1 Å². The Morgan fingerprint density at radius 2 is 1.92 bits per heavy atom. The summed E-state index contributed by atoms with van der Waals surface area (Å²) in [6.07, 6.45) is 3.13. The van der Waals surface area contributed by atoms with Crippen molar-refractivity contribution in [2.45, 2.75) is 31.3 Å². The zero-order valence-electron chi connectivity index (χ0n) is 14.2. The van der Waals surface area contributed by atoms with E-state index in [4.69, 9.17) is 4.52 Å². The van der Waals surface area contributed by atoms with Gasteiger partial charge >= 0.3 is 11.8 Å². The Bertz CT molecular complexity index is 892. The number of carbonyl (C=O) groups excluding carboxylic acids is 2. The molecule has 0 unspecified atom stereocenters. The van der Waals surface area contributed by atoms with Crippen molar-refractivity contribution in [1.82, 2.24) is 15.0 Å². The second kappa shape index (κ2) is 5.40. The second-order valence-corrected chi connectivity index (χ2v) is 7.55. The molecule has 4 fully saturated rings. The molecule has 26 heavy (non-hydrogen) atoms. The Morgan fingerprint density at radius 1 is 1.15 bits per heavy atom. The summed E-state index contributed by atoms with van der Waals surface area (Å²) in [4.78, 5) is 28.3. The summed E-state index contributed by atoms with van der Waals surface area (Å²) < 4.78 is 19.1. The van der Waals surface area contributed by atoms with Crippen LogP contribution in [0.15, 0.2) is 34.9 Å². The topological polar surface area (TPSA) is 66.7 Å². The van der Waals surface area contributed by atoms with Crippen molar-refractivity contribution in [1.29, 1.82) is 0 Å². The first kappa shape index (κ1) is 15.5. The molecule has 134 valence electrons. The molecular formula is C19H18FN3O3. The van der Waals surface area contributed by atoms with Gasteiger partial charge in [0.05, 0.1) is 12.1 Å². The van der Waals surface area contributed by atoms with Crippen molar-refractivity contribution in [3.05, 3.63) is 41.8 Å². The Hall–Kier alpha value is -2.70. The van der Waals surface area contributed by atoms with E-state index in [0.717, 1.165) is 25.2 Å². The van der Waals surface area contributed by atoms with E-state index in [1.165, 1.54) is 11.0 Å². The van der Waals surface area contributed by atoms with E-state index in [9.17, 15) is 14.0 Å². The molecule has 0 N–H and O–H groups in total. The maximum atomic E-state index is 13.9. The van der Waals surface area contributed by atoms with Crippen LogP contribution in [0.3, 0.4) is 0 Å². The molecule has 3 saturated carbocycles. The summed E-state index contributed by atoms with van der Waals surface area (Å²) in [6.45, 7) is 1.24. The fraction of sp³-hybridized carbons (Fsp3) is 0.421. The highest BCUT2D eigenvalue weighted by atomic mass is 19.1. The van der Waals surface area contributed by atoms with Gasteiger partial charge in [0.15, 0.2) is 5.76 Å². The van der Waals surface area contributed by atoms with Crippen LogP contribution < -0.4 is 0 Å². The molecule has 6 rings (SSSR count). The molecule has 0 atom stereocenters. The third-order valence-electron chi connectivity index (χ3n) is 5.94. The molecule has 7 heteroatoms. The van der Waals surface area contributed by atoms with Gasteiger partial charge in [-0.3, -0.25) is 9.59 Å². The summed E-state index contributed by atoms with van der Waals surface area (Å²) in [5, 5.41) is 3.93. The Labute approximate surface area is 149 Å². The van der Waals surface area contributed by atoms with Gasteiger partial charge in [0.2, 0.25) is 0 Å². The third-order valence-corrected chi connectivity index (χ3v) is 5.94. The number of halogens is 1. The van der Waals surface area contributed by atoms with Crippen molar-refractivity contribution < 1.29 is 18.5 Å². The summed E-state index contributed by atoms with van der Waals surface area (Å²) in [5.74, 6) is -0.232. The Balaban J connectivity index is 1.29. The van der Waals surface area contributed by atoms with E-state index < -0.39 is 17.6 Å². The highest BCUT2D eigenvalue weighted by Gasteiger charge is 2.62. The lowest BCUT2D eigenvalue weighted by Gasteiger charge is -2.66. The largest absolute Gasteiger partial charge is 0.356 e. The van der Waals surface area contributed by atoms with Crippen LogP contribution in [0.4, 0.5) is 4.39 Å². The summed E-state index contributed by atoms with van der Waals surface area (Å²) >= 11 is 0. The van der Waals surface area contributed by atoms with Crippen LogP contribution in [-0.2, 0) is 16.1 Å². The SMILES string of the molecule is O=C1C(=O)N(C23CC(C2)C3)CCN1Cc1cc(-c2ccccc2F)on1. The molecule has 0 radical (unpaired) electrons. The van der Waals surface area contributed by atoms with E-state index in [1.807, 2.05) is 0 Å². The Kier molecular flexibility index (Phi) is 3.23. The highest BCUT2D eigenvalue weighted by Crippen LogP contribution is 2.60. The van der Waals surface area contributed by atoms with Crippen LogP contribution in [0, 0.1) is 11.7 Å². The van der Waals surface area contributed by atoms with E-state index in [0.29, 0.717) is 30.1 Å². The number of aromatic nitrogens is 1. The Morgan fingerprint density at radius 3 is 2.62 bits per heavy atom. The van der Waals surface area contributed by atoms with E-state index in [1.54, 1.807) is 29.2 Å². The van der Waals surface area contributed by atoms with Crippen LogP contribution >= 0.6 is 0 Å². The smallest absolute Gasteiger partial charge is 0.312 e. The molecule has 2 bridgehead atoms. The summed E-state index contributed by atoms with van der Waals surface area (Å²) in [7, 11) is 0. The summed E-state index contributed by atoms with van der Waals surface area (Å²) in [6, 6.07) is 7.89. The number of piperazine rings is 1. The third kappa shape index (κ3) is 2.19. The van der Waals surface area contributed by atoms with Gasteiger partial charge in [-0.25, -0.2) is 4.39 Å². The number of hydrogen-bond acceptors (Lipinski definition) is 4. The zero-order chi connectivity index (χ0) is 17.9. The lowest BCUT2D eigenvalue weighted by molar-refractivity contribution is -0.186. The van der Waals surface area contributed by atoms with E-state index in [2.05, 4.69) is 5.16 Å². The van der Waals surface area contributed by atoms with Gasteiger partial charge < -0.3 is 14.3 Å². The molecule has 4 aliphatic rings. The van der Waals surface area contributed by atoms with E-state index >= 15 is 0 Å². The van der Waals surface area contributed by atoms with Crippen LogP contribution in [0.25, 0.3) is 11.3 Å². The maximum Gasteiger partial charge on any atom is 0.312 e. The molecule has 1 aromatic carbocycles. The number of rotatable bonds is 4. The van der Waals surface area contributed by atoms with Gasteiger partial charge in [0.25, 0.3) is 0 Å². The number of carbonyl (C=O) groups is 2. The van der Waals surface area contributed by atoms with Gasteiger partial charge in [0.1, 0.15) is 11.5 Å². The first-order valence-electron chi connectivity index (χ1n) is 8.87. The predicted octanol–water partition coefficient (Wildman–Crippen LogP) is 2.20. The fourth-order valence-corrected chi connectivity index (χ4v) is 4.41. The first-order chi connectivity index (χ1) is 12.6. The van der Waals surface area contributed by atoms with Crippen molar-refractivity contribution in [2.75, 3.05) is 13.1 Å². The van der Waals surface area contributed by atoms with Crippen LogP contribution in [0.2, 0.25) is 0 Å². The standard InChI is InChI=1S/C19H18FN3O3/c20-15-4-2-1-3-14(15)16-7-13(21-26-16)11-22-5-6-23(18(25)17(22)24)19-8-12(9-19)10-19/h1-4,7,12H,5-6,8-11H2. The van der Waals surface area contributed by atoms with Crippen molar-refractivity contribution in [2.24, 2.45) is 5.92 Å². The molecule has 6 nitrogen and oxygen atoms in total. The predicted molar refractivity (Wildman–Crippen MR) is 89.1 cm³/mol. The lowest BCUT2D eigenvalue weighted by Crippen LogP contribution is -2.73. The van der Waals surface area contributed by atoms with Crippen molar-refractivity contribution in [3.63, 3.8) is 0 Å². The minimum absolute atomic E-state index is 0.0323. The van der Waals surface area contributed by atoms with Crippen LogP contribution in [0.1, 0.15) is 25.0 Å². The number of hydrogen-bond donors (Lipinski definition) is 0. The van der Waals surface area contributed by atoms with Gasteiger partial charge in [-0.2, -0.15) is 0 Å². The molecule has 2 aromatic rings. The fourth-order valence-electron chi connectivity index (χ4n) is 4.41. The van der Waals surface area contributed by atoms with Gasteiger partial charge in [0, 0.05) is 24.7 Å². The van der Waals surface area contributed by atoms with Gasteiger partial charge in [-0.1, -0.05) is 17.3 Å². The maximum absolute atomic E-state index is 13.9. The highest BCUT2D eigenvalue weighted by molar-refractivity contribution is 6.35. The van der Waals surface area contributed by atoms with Gasteiger partial charge in [-0.05, 0) is 37.3 Å². The van der Waals surface area contributed by atoms with Crippen LogP contribution in [0.5, 0.6) is 0 Å². The molecule has 1 aliphatic heterocycles. The molecular weight excluding hydrogens is 337 g/mol.